The minimum absolute atomic E-state index is 0.609. The molecule has 1 aliphatic rings. The van der Waals surface area contributed by atoms with Crippen molar-refractivity contribution >= 4 is 5.97 Å². The topological polar surface area (TPSA) is 40.5 Å². The number of piperidine rings is 1. The van der Waals surface area contributed by atoms with Gasteiger partial charge in [-0.1, -0.05) is 13.8 Å². The van der Waals surface area contributed by atoms with Gasteiger partial charge < -0.3 is 5.11 Å². The van der Waals surface area contributed by atoms with Gasteiger partial charge in [-0.05, 0) is 32.1 Å². The normalized spacial score (nSPS) is 30.3. The number of rotatable bonds is 2. The summed E-state index contributed by atoms with van der Waals surface area (Å²) in [7, 11) is 0. The molecule has 3 nitrogen and oxygen atoms in total. The highest BCUT2D eigenvalue weighted by molar-refractivity contribution is 5.77. The van der Waals surface area contributed by atoms with Gasteiger partial charge in [-0.15, -0.1) is 0 Å². The maximum absolute atomic E-state index is 11.1. The Morgan fingerprint density at radius 3 is 2.07 bits per heavy atom. The molecule has 14 heavy (non-hydrogen) atoms. The fraction of sp³-hybridized carbons (Fsp3) is 0.909. The van der Waals surface area contributed by atoms with Crippen molar-refractivity contribution in [2.24, 2.45) is 11.8 Å². The highest BCUT2D eigenvalue weighted by atomic mass is 16.4. The quantitative estimate of drug-likeness (QED) is 0.737. The molecule has 0 radical (unpaired) electrons. The van der Waals surface area contributed by atoms with Crippen LogP contribution in [0.15, 0.2) is 0 Å². The van der Waals surface area contributed by atoms with Gasteiger partial charge in [0.1, 0.15) is 5.54 Å². The zero-order chi connectivity index (χ0) is 10.9. The van der Waals surface area contributed by atoms with Crippen molar-refractivity contribution in [3.8, 4) is 0 Å². The van der Waals surface area contributed by atoms with E-state index >= 15 is 0 Å². The van der Waals surface area contributed by atoms with Gasteiger partial charge >= 0.3 is 5.97 Å². The zero-order valence-electron chi connectivity index (χ0n) is 9.58. The molecule has 1 saturated heterocycles. The fourth-order valence-electron chi connectivity index (χ4n) is 2.25. The lowest BCUT2D eigenvalue weighted by Gasteiger charge is -2.42. The molecule has 2 atom stereocenters. The summed E-state index contributed by atoms with van der Waals surface area (Å²) in [6.07, 6.45) is 1.21. The number of carboxylic acid groups (broad SMARTS) is 1. The van der Waals surface area contributed by atoms with Crippen LogP contribution < -0.4 is 0 Å². The van der Waals surface area contributed by atoms with Gasteiger partial charge in [0.25, 0.3) is 0 Å². The number of carboxylic acids is 1. The SMILES string of the molecule is C[C@@H]1C[C@H](C)CN(C(C)(C)C(=O)O)C1. The monoisotopic (exact) mass is 199 g/mol. The Kier molecular flexibility index (Phi) is 3.20. The number of likely N-dealkylation sites (tertiary alicyclic amines) is 1. The minimum Gasteiger partial charge on any atom is -0.480 e. The van der Waals surface area contributed by atoms with E-state index in [2.05, 4.69) is 18.7 Å². The molecular formula is C11H21NO2. The summed E-state index contributed by atoms with van der Waals surface area (Å²) in [5.41, 5.74) is -0.719. The maximum atomic E-state index is 11.1. The van der Waals surface area contributed by atoms with E-state index in [-0.39, 0.29) is 0 Å². The largest absolute Gasteiger partial charge is 0.480 e. The molecule has 0 aliphatic carbocycles. The number of hydrogen-bond acceptors (Lipinski definition) is 2. The van der Waals surface area contributed by atoms with Crippen molar-refractivity contribution < 1.29 is 9.90 Å². The van der Waals surface area contributed by atoms with E-state index in [1.807, 2.05) is 0 Å². The van der Waals surface area contributed by atoms with Gasteiger partial charge in [0.05, 0.1) is 0 Å². The third-order valence-electron chi connectivity index (χ3n) is 3.18. The second-order valence-electron chi connectivity index (χ2n) is 5.22. The molecular weight excluding hydrogens is 178 g/mol. The fourth-order valence-corrected chi connectivity index (χ4v) is 2.25. The number of carbonyl (C=O) groups is 1. The Bertz CT molecular complexity index is 215. The first kappa shape index (κ1) is 11.5. The number of aliphatic carboxylic acids is 1. The summed E-state index contributed by atoms with van der Waals surface area (Å²) in [4.78, 5) is 13.2. The summed E-state index contributed by atoms with van der Waals surface area (Å²) < 4.78 is 0. The van der Waals surface area contributed by atoms with Crippen LogP contribution in [0.4, 0.5) is 0 Å². The van der Waals surface area contributed by atoms with Crippen molar-refractivity contribution in [1.29, 1.82) is 0 Å². The summed E-state index contributed by atoms with van der Waals surface area (Å²) in [5.74, 6) is 0.494. The molecule has 0 saturated carbocycles. The van der Waals surface area contributed by atoms with Crippen molar-refractivity contribution in [2.45, 2.75) is 39.7 Å². The molecule has 1 aliphatic heterocycles. The molecule has 0 spiro atoms. The molecule has 1 N–H and O–H groups in total. The van der Waals surface area contributed by atoms with Crippen LogP contribution in [-0.2, 0) is 4.79 Å². The molecule has 0 aromatic heterocycles. The van der Waals surface area contributed by atoms with E-state index in [1.54, 1.807) is 13.8 Å². The summed E-state index contributed by atoms with van der Waals surface area (Å²) >= 11 is 0. The number of nitrogens with zero attached hydrogens (tertiary/aromatic N) is 1. The van der Waals surface area contributed by atoms with E-state index in [9.17, 15) is 4.79 Å². The number of hydrogen-bond donors (Lipinski definition) is 1. The zero-order valence-corrected chi connectivity index (χ0v) is 9.58. The molecule has 82 valence electrons. The first-order valence-corrected chi connectivity index (χ1v) is 5.32. The van der Waals surface area contributed by atoms with Crippen molar-refractivity contribution in [3.05, 3.63) is 0 Å². The summed E-state index contributed by atoms with van der Waals surface area (Å²) in [6.45, 7) is 9.79. The lowest BCUT2D eigenvalue weighted by atomic mass is 9.88. The Morgan fingerprint density at radius 2 is 1.71 bits per heavy atom. The Morgan fingerprint density at radius 1 is 1.29 bits per heavy atom. The van der Waals surface area contributed by atoms with Crippen molar-refractivity contribution in [1.82, 2.24) is 4.90 Å². The van der Waals surface area contributed by atoms with Crippen LogP contribution in [0.25, 0.3) is 0 Å². The first-order chi connectivity index (χ1) is 6.34. The molecule has 0 bridgehead atoms. The van der Waals surface area contributed by atoms with Crippen LogP contribution in [0.1, 0.15) is 34.1 Å². The second-order valence-corrected chi connectivity index (χ2v) is 5.22. The van der Waals surface area contributed by atoms with E-state index in [0.717, 1.165) is 13.1 Å². The Hall–Kier alpha value is -0.570. The van der Waals surface area contributed by atoms with Crippen LogP contribution in [0, 0.1) is 11.8 Å². The average Bonchev–Trinajstić information content (AvgIpc) is 2.01. The second kappa shape index (κ2) is 3.89. The standard InChI is InChI=1S/C11H21NO2/c1-8-5-9(2)7-12(6-8)11(3,4)10(13)14/h8-9H,5-7H2,1-4H3,(H,13,14)/t8-,9+. The van der Waals surface area contributed by atoms with Crippen LogP contribution in [0.5, 0.6) is 0 Å². The highest BCUT2D eigenvalue weighted by Gasteiger charge is 2.38. The molecule has 1 rings (SSSR count). The Balaban J connectivity index is 2.72. The smallest absolute Gasteiger partial charge is 0.323 e. The molecule has 1 heterocycles. The van der Waals surface area contributed by atoms with E-state index in [0.29, 0.717) is 11.8 Å². The van der Waals surface area contributed by atoms with Crippen molar-refractivity contribution in [3.63, 3.8) is 0 Å². The predicted molar refractivity (Wildman–Crippen MR) is 56.2 cm³/mol. The molecule has 3 heteroatoms. The minimum atomic E-state index is -0.723. The lowest BCUT2D eigenvalue weighted by molar-refractivity contribution is -0.151. The summed E-state index contributed by atoms with van der Waals surface area (Å²) in [5, 5.41) is 9.12. The van der Waals surface area contributed by atoms with Gasteiger partial charge in [0.15, 0.2) is 0 Å². The average molecular weight is 199 g/mol. The van der Waals surface area contributed by atoms with Crippen LogP contribution in [0.3, 0.4) is 0 Å². The van der Waals surface area contributed by atoms with Gasteiger partial charge in [0, 0.05) is 13.1 Å². The van der Waals surface area contributed by atoms with Crippen LogP contribution >= 0.6 is 0 Å². The lowest BCUT2D eigenvalue weighted by Crippen LogP contribution is -2.55. The van der Waals surface area contributed by atoms with Gasteiger partial charge in [-0.2, -0.15) is 0 Å². The first-order valence-electron chi connectivity index (χ1n) is 5.32. The third-order valence-corrected chi connectivity index (χ3v) is 3.18. The highest BCUT2D eigenvalue weighted by Crippen LogP contribution is 2.27. The van der Waals surface area contributed by atoms with Crippen LogP contribution in [0.2, 0.25) is 0 Å². The van der Waals surface area contributed by atoms with E-state index < -0.39 is 11.5 Å². The summed E-state index contributed by atoms with van der Waals surface area (Å²) in [6, 6.07) is 0. The van der Waals surface area contributed by atoms with Crippen molar-refractivity contribution in [2.75, 3.05) is 13.1 Å². The predicted octanol–water partition coefficient (Wildman–Crippen LogP) is 1.83. The van der Waals surface area contributed by atoms with Gasteiger partial charge in [-0.25, -0.2) is 0 Å². The van der Waals surface area contributed by atoms with E-state index in [1.165, 1.54) is 6.42 Å². The van der Waals surface area contributed by atoms with Gasteiger partial charge in [0.2, 0.25) is 0 Å². The third kappa shape index (κ3) is 2.27. The maximum Gasteiger partial charge on any atom is 0.323 e. The van der Waals surface area contributed by atoms with Gasteiger partial charge in [-0.3, -0.25) is 9.69 Å². The van der Waals surface area contributed by atoms with Crippen LogP contribution in [-0.4, -0.2) is 34.6 Å². The Labute approximate surface area is 86.1 Å². The van der Waals surface area contributed by atoms with E-state index in [4.69, 9.17) is 5.11 Å². The molecule has 0 unspecified atom stereocenters. The molecule has 1 fully saturated rings. The molecule has 0 amide bonds. The molecule has 0 aromatic carbocycles. The molecule has 0 aromatic rings.